The maximum atomic E-state index is 5.37. The molecule has 0 unspecified atom stereocenters. The minimum Gasteiger partial charge on any atom is -0.413 e. The van der Waals surface area contributed by atoms with Crippen molar-refractivity contribution >= 4 is 10.5 Å². The van der Waals surface area contributed by atoms with Gasteiger partial charge in [-0.25, -0.2) is 0 Å². The van der Waals surface area contributed by atoms with Gasteiger partial charge in [-0.2, -0.15) is 0 Å². The van der Waals surface area contributed by atoms with Crippen molar-refractivity contribution in [2.45, 2.75) is 58.5 Å². The van der Waals surface area contributed by atoms with Gasteiger partial charge in [-0.05, 0) is 19.3 Å². The summed E-state index contributed by atoms with van der Waals surface area (Å²) in [7, 11) is 3.18. The van der Waals surface area contributed by atoms with Crippen LogP contribution in [0.15, 0.2) is 0 Å². The average Bonchev–Trinajstić information content (AvgIpc) is 2.04. The van der Waals surface area contributed by atoms with E-state index in [9.17, 15) is 0 Å². The standard InChI is InChI=1S/C9H19OSi/c1-4-7-9(6-3,10-11)8-5-2/h4-8H2,1-3H3. The minimum atomic E-state index is 0.0976. The normalized spacial score (nSPS) is 12.0. The molecule has 0 heterocycles. The molecule has 0 rings (SSSR count). The third kappa shape index (κ3) is 3.39. The molecule has 0 aliphatic carbocycles. The lowest BCUT2D eigenvalue weighted by Crippen LogP contribution is -2.30. The Labute approximate surface area is 74.1 Å². The molecule has 0 aromatic heterocycles. The zero-order valence-electron chi connectivity index (χ0n) is 7.94. The van der Waals surface area contributed by atoms with E-state index < -0.39 is 0 Å². The molecule has 0 aromatic rings. The SMILES string of the molecule is CCCC(CC)(CCC)O[Si]. The predicted molar refractivity (Wildman–Crippen MR) is 49.7 cm³/mol. The van der Waals surface area contributed by atoms with Gasteiger partial charge in [-0.1, -0.05) is 33.6 Å². The van der Waals surface area contributed by atoms with E-state index in [-0.39, 0.29) is 5.60 Å². The molecular weight excluding hydrogens is 152 g/mol. The van der Waals surface area contributed by atoms with Gasteiger partial charge in [0.25, 0.3) is 0 Å². The van der Waals surface area contributed by atoms with Crippen molar-refractivity contribution < 1.29 is 4.43 Å². The highest BCUT2D eigenvalue weighted by Crippen LogP contribution is 2.26. The Bertz CT molecular complexity index is 81.6. The Morgan fingerprint density at radius 3 is 1.73 bits per heavy atom. The highest BCUT2D eigenvalue weighted by atomic mass is 28.2. The summed E-state index contributed by atoms with van der Waals surface area (Å²) in [5, 5.41) is 0. The summed E-state index contributed by atoms with van der Waals surface area (Å²) in [5.74, 6) is 0. The van der Waals surface area contributed by atoms with E-state index >= 15 is 0 Å². The molecule has 3 radical (unpaired) electrons. The highest BCUT2D eigenvalue weighted by Gasteiger charge is 2.24. The minimum absolute atomic E-state index is 0.0976. The lowest BCUT2D eigenvalue weighted by Gasteiger charge is -2.31. The van der Waals surface area contributed by atoms with E-state index in [4.69, 9.17) is 4.43 Å². The lowest BCUT2D eigenvalue weighted by molar-refractivity contribution is 0.0544. The van der Waals surface area contributed by atoms with E-state index in [1.165, 1.54) is 12.8 Å². The molecule has 0 aliphatic heterocycles. The molecule has 0 aliphatic rings. The summed E-state index contributed by atoms with van der Waals surface area (Å²) in [5.41, 5.74) is 0.0976. The van der Waals surface area contributed by atoms with Crippen LogP contribution < -0.4 is 0 Å². The Kier molecular flexibility index (Phi) is 5.87. The summed E-state index contributed by atoms with van der Waals surface area (Å²) in [6.07, 6.45) is 5.79. The first-order chi connectivity index (χ1) is 5.24. The van der Waals surface area contributed by atoms with Crippen LogP contribution in [0.4, 0.5) is 0 Å². The van der Waals surface area contributed by atoms with Crippen LogP contribution in [0.2, 0.25) is 0 Å². The van der Waals surface area contributed by atoms with Gasteiger partial charge in [0.05, 0.1) is 5.60 Å². The highest BCUT2D eigenvalue weighted by molar-refractivity contribution is 5.98. The van der Waals surface area contributed by atoms with E-state index in [2.05, 4.69) is 31.3 Å². The second-order valence-electron chi connectivity index (χ2n) is 3.14. The number of hydrogen-bond acceptors (Lipinski definition) is 1. The van der Waals surface area contributed by atoms with Gasteiger partial charge in [0, 0.05) is 0 Å². The maximum absolute atomic E-state index is 5.37. The monoisotopic (exact) mass is 171 g/mol. The summed E-state index contributed by atoms with van der Waals surface area (Å²) in [6, 6.07) is 0. The van der Waals surface area contributed by atoms with Crippen molar-refractivity contribution in [1.82, 2.24) is 0 Å². The Morgan fingerprint density at radius 1 is 1.09 bits per heavy atom. The van der Waals surface area contributed by atoms with Gasteiger partial charge in [0.2, 0.25) is 10.5 Å². The fourth-order valence-corrected chi connectivity index (χ4v) is 1.91. The smallest absolute Gasteiger partial charge is 0.247 e. The average molecular weight is 171 g/mol. The van der Waals surface area contributed by atoms with E-state index in [1.54, 1.807) is 0 Å². The van der Waals surface area contributed by atoms with Gasteiger partial charge in [0.15, 0.2) is 0 Å². The molecule has 2 heteroatoms. The number of hydrogen-bond donors (Lipinski definition) is 0. The lowest BCUT2D eigenvalue weighted by atomic mass is 9.90. The Balaban J connectivity index is 3.96. The van der Waals surface area contributed by atoms with Crippen molar-refractivity contribution in [1.29, 1.82) is 0 Å². The van der Waals surface area contributed by atoms with Gasteiger partial charge in [-0.3, -0.25) is 0 Å². The first-order valence-corrected chi connectivity index (χ1v) is 5.00. The zero-order chi connectivity index (χ0) is 8.74. The molecule has 11 heavy (non-hydrogen) atoms. The quantitative estimate of drug-likeness (QED) is 0.558. The summed E-state index contributed by atoms with van der Waals surface area (Å²) < 4.78 is 5.37. The van der Waals surface area contributed by atoms with Crippen molar-refractivity contribution in [3.8, 4) is 0 Å². The molecule has 65 valence electrons. The summed E-state index contributed by atoms with van der Waals surface area (Å²) in [4.78, 5) is 0. The van der Waals surface area contributed by atoms with Gasteiger partial charge in [-0.15, -0.1) is 0 Å². The zero-order valence-corrected chi connectivity index (χ0v) is 8.94. The van der Waals surface area contributed by atoms with Crippen LogP contribution in [-0.2, 0) is 4.43 Å². The maximum Gasteiger partial charge on any atom is 0.247 e. The van der Waals surface area contributed by atoms with Crippen molar-refractivity contribution in [3.63, 3.8) is 0 Å². The van der Waals surface area contributed by atoms with Crippen LogP contribution in [0.25, 0.3) is 0 Å². The van der Waals surface area contributed by atoms with Crippen LogP contribution >= 0.6 is 0 Å². The molecule has 0 saturated heterocycles. The fourth-order valence-electron chi connectivity index (χ4n) is 1.56. The Morgan fingerprint density at radius 2 is 1.55 bits per heavy atom. The van der Waals surface area contributed by atoms with Crippen molar-refractivity contribution in [3.05, 3.63) is 0 Å². The molecular formula is C9H19OSi. The van der Waals surface area contributed by atoms with Crippen LogP contribution in [0.5, 0.6) is 0 Å². The number of rotatable bonds is 6. The second-order valence-corrected chi connectivity index (χ2v) is 3.34. The molecule has 1 nitrogen and oxygen atoms in total. The third-order valence-electron chi connectivity index (χ3n) is 2.27. The predicted octanol–water partition coefficient (Wildman–Crippen LogP) is 2.84. The van der Waals surface area contributed by atoms with Crippen LogP contribution in [0.3, 0.4) is 0 Å². The topological polar surface area (TPSA) is 9.23 Å². The largest absolute Gasteiger partial charge is 0.413 e. The van der Waals surface area contributed by atoms with E-state index in [0.717, 1.165) is 19.3 Å². The summed E-state index contributed by atoms with van der Waals surface area (Å²) in [6.45, 7) is 6.59. The molecule has 0 spiro atoms. The molecule has 0 aromatic carbocycles. The van der Waals surface area contributed by atoms with Crippen LogP contribution in [0, 0.1) is 0 Å². The first kappa shape index (κ1) is 11.2. The Hall–Kier alpha value is 0.177. The summed E-state index contributed by atoms with van der Waals surface area (Å²) >= 11 is 0. The molecule has 0 bridgehead atoms. The van der Waals surface area contributed by atoms with Crippen molar-refractivity contribution in [2.75, 3.05) is 0 Å². The molecule has 0 saturated carbocycles. The van der Waals surface area contributed by atoms with Crippen LogP contribution in [0.1, 0.15) is 52.9 Å². The van der Waals surface area contributed by atoms with Gasteiger partial charge >= 0.3 is 0 Å². The molecule has 0 atom stereocenters. The molecule has 0 N–H and O–H groups in total. The second kappa shape index (κ2) is 5.78. The van der Waals surface area contributed by atoms with Crippen molar-refractivity contribution in [2.24, 2.45) is 0 Å². The van der Waals surface area contributed by atoms with Gasteiger partial charge < -0.3 is 4.43 Å². The van der Waals surface area contributed by atoms with Gasteiger partial charge in [0.1, 0.15) is 0 Å². The fraction of sp³-hybridized carbons (Fsp3) is 1.00. The van der Waals surface area contributed by atoms with Crippen LogP contribution in [-0.4, -0.2) is 16.1 Å². The third-order valence-corrected chi connectivity index (χ3v) is 2.71. The molecule has 0 fully saturated rings. The molecule has 0 amide bonds. The van der Waals surface area contributed by atoms with E-state index in [1.807, 2.05) is 0 Å². The first-order valence-electron chi connectivity index (χ1n) is 4.59. The van der Waals surface area contributed by atoms with E-state index in [0.29, 0.717) is 0 Å².